The quantitative estimate of drug-likeness (QED) is 0.625. The number of nitrogens with zero attached hydrogens (tertiary/aromatic N) is 4. The van der Waals surface area contributed by atoms with E-state index in [4.69, 9.17) is 9.72 Å². The van der Waals surface area contributed by atoms with E-state index in [1.165, 1.54) is 16.8 Å². The highest BCUT2D eigenvalue weighted by atomic mass is 16.5. The molecule has 2 aromatic carbocycles. The first-order valence-corrected chi connectivity index (χ1v) is 11.2. The number of rotatable bonds is 4. The maximum absolute atomic E-state index is 12.8. The van der Waals surface area contributed by atoms with E-state index in [9.17, 15) is 4.79 Å². The monoisotopic (exact) mass is 428 g/mol. The number of Topliss-reactive ketones (excluding diaryl/α,β-unsaturated/α-hetero) is 1. The number of methoxy groups -OCH3 is 1. The number of aromatic nitrogens is 2. The summed E-state index contributed by atoms with van der Waals surface area (Å²) in [5, 5.41) is 0. The number of ketones is 1. The SMILES string of the molecule is COc1ccc(N2CCN(c3ncc4c(n3)C[C@H](c3ccc(C)cc3)CC4=O)CC2)cc1. The Kier molecular flexibility index (Phi) is 5.52. The van der Waals surface area contributed by atoms with Crippen molar-refractivity contribution in [1.82, 2.24) is 9.97 Å². The molecule has 164 valence electrons. The van der Waals surface area contributed by atoms with Crippen LogP contribution in [0, 0.1) is 6.92 Å². The van der Waals surface area contributed by atoms with Crippen molar-refractivity contribution in [3.8, 4) is 5.75 Å². The molecule has 1 aliphatic carbocycles. The van der Waals surface area contributed by atoms with E-state index in [0.717, 1.165) is 50.0 Å². The van der Waals surface area contributed by atoms with E-state index >= 15 is 0 Å². The van der Waals surface area contributed by atoms with E-state index in [1.54, 1.807) is 13.3 Å². The van der Waals surface area contributed by atoms with Crippen LogP contribution in [0.25, 0.3) is 0 Å². The fourth-order valence-corrected chi connectivity index (χ4v) is 4.62. The smallest absolute Gasteiger partial charge is 0.225 e. The molecule has 0 N–H and O–H groups in total. The Balaban J connectivity index is 1.29. The molecule has 2 heterocycles. The van der Waals surface area contributed by atoms with Crippen molar-refractivity contribution in [2.24, 2.45) is 0 Å². The molecular formula is C26H28N4O2. The predicted octanol–water partition coefficient (Wildman–Crippen LogP) is 4.03. The van der Waals surface area contributed by atoms with Gasteiger partial charge in [0.1, 0.15) is 5.75 Å². The molecule has 1 atom stereocenters. The van der Waals surface area contributed by atoms with E-state index in [1.807, 2.05) is 12.1 Å². The lowest BCUT2D eigenvalue weighted by atomic mass is 9.82. The molecule has 0 amide bonds. The number of piperazine rings is 1. The third-order valence-corrected chi connectivity index (χ3v) is 6.58. The van der Waals surface area contributed by atoms with Gasteiger partial charge in [-0.25, -0.2) is 9.97 Å². The molecule has 6 nitrogen and oxygen atoms in total. The number of carbonyl (C=O) groups is 1. The van der Waals surface area contributed by atoms with Gasteiger partial charge in [-0.05, 0) is 49.1 Å². The van der Waals surface area contributed by atoms with E-state index in [2.05, 4.69) is 58.1 Å². The van der Waals surface area contributed by atoms with Crippen LogP contribution in [0.1, 0.15) is 39.5 Å². The summed E-state index contributed by atoms with van der Waals surface area (Å²) >= 11 is 0. The largest absolute Gasteiger partial charge is 0.497 e. The number of fused-ring (bicyclic) bond motifs is 1. The summed E-state index contributed by atoms with van der Waals surface area (Å²) < 4.78 is 5.26. The Morgan fingerprint density at radius 1 is 0.906 bits per heavy atom. The van der Waals surface area contributed by atoms with Crippen LogP contribution in [0.15, 0.2) is 54.7 Å². The van der Waals surface area contributed by atoms with Crippen molar-refractivity contribution in [3.05, 3.63) is 77.1 Å². The first-order valence-electron chi connectivity index (χ1n) is 11.2. The highest BCUT2D eigenvalue weighted by Crippen LogP contribution is 2.32. The van der Waals surface area contributed by atoms with Crippen LogP contribution in [0.4, 0.5) is 11.6 Å². The van der Waals surface area contributed by atoms with Crippen molar-refractivity contribution < 1.29 is 9.53 Å². The maximum Gasteiger partial charge on any atom is 0.225 e. The first-order chi connectivity index (χ1) is 15.6. The Bertz CT molecular complexity index is 1100. The Labute approximate surface area is 188 Å². The number of carbonyl (C=O) groups excluding carboxylic acids is 1. The van der Waals surface area contributed by atoms with Crippen LogP contribution >= 0.6 is 0 Å². The second-order valence-corrected chi connectivity index (χ2v) is 8.64. The summed E-state index contributed by atoms with van der Waals surface area (Å²) in [6, 6.07) is 16.7. The molecule has 0 bridgehead atoms. The van der Waals surface area contributed by atoms with Gasteiger partial charge in [0.2, 0.25) is 5.95 Å². The van der Waals surface area contributed by atoms with Gasteiger partial charge in [0, 0.05) is 44.5 Å². The van der Waals surface area contributed by atoms with Gasteiger partial charge in [0.25, 0.3) is 0 Å². The molecule has 0 radical (unpaired) electrons. The van der Waals surface area contributed by atoms with Gasteiger partial charge in [-0.1, -0.05) is 29.8 Å². The van der Waals surface area contributed by atoms with Gasteiger partial charge in [-0.3, -0.25) is 4.79 Å². The molecule has 0 saturated carbocycles. The molecule has 0 spiro atoms. The minimum absolute atomic E-state index is 0.146. The van der Waals surface area contributed by atoms with Gasteiger partial charge in [-0.15, -0.1) is 0 Å². The molecule has 1 saturated heterocycles. The average molecular weight is 429 g/mol. The average Bonchev–Trinajstić information content (AvgIpc) is 2.84. The number of anilines is 2. The number of aryl methyl sites for hydroxylation is 1. The zero-order valence-corrected chi connectivity index (χ0v) is 18.6. The zero-order valence-electron chi connectivity index (χ0n) is 18.6. The van der Waals surface area contributed by atoms with E-state index < -0.39 is 0 Å². The summed E-state index contributed by atoms with van der Waals surface area (Å²) in [4.78, 5) is 26.8. The van der Waals surface area contributed by atoms with E-state index in [0.29, 0.717) is 12.0 Å². The molecule has 1 fully saturated rings. The van der Waals surface area contributed by atoms with Gasteiger partial charge in [-0.2, -0.15) is 0 Å². The lowest BCUT2D eigenvalue weighted by Crippen LogP contribution is -2.47. The van der Waals surface area contributed by atoms with Crippen LogP contribution in [0.2, 0.25) is 0 Å². The molecule has 6 heteroatoms. The summed E-state index contributed by atoms with van der Waals surface area (Å²) in [6.07, 6.45) is 3.05. The normalized spacial score (nSPS) is 18.4. The second-order valence-electron chi connectivity index (χ2n) is 8.64. The van der Waals surface area contributed by atoms with Gasteiger partial charge < -0.3 is 14.5 Å². The number of hydrogen-bond acceptors (Lipinski definition) is 6. The second kappa shape index (κ2) is 8.61. The van der Waals surface area contributed by atoms with Gasteiger partial charge in [0.05, 0.1) is 18.4 Å². The molecular weight excluding hydrogens is 400 g/mol. The van der Waals surface area contributed by atoms with Gasteiger partial charge >= 0.3 is 0 Å². The lowest BCUT2D eigenvalue weighted by molar-refractivity contribution is 0.0962. The predicted molar refractivity (Wildman–Crippen MR) is 126 cm³/mol. The standard InChI is InChI=1S/C26H28N4O2/c1-18-3-5-19(6-4-18)20-15-24-23(25(31)16-20)17-27-26(28-24)30-13-11-29(12-14-30)21-7-9-22(32-2)10-8-21/h3-10,17,20H,11-16H2,1-2H3/t20-/m0/s1. The Hall–Kier alpha value is -3.41. The zero-order chi connectivity index (χ0) is 22.1. The topological polar surface area (TPSA) is 58.6 Å². The third kappa shape index (κ3) is 4.05. The van der Waals surface area contributed by atoms with Crippen molar-refractivity contribution in [1.29, 1.82) is 0 Å². The Morgan fingerprint density at radius 3 is 2.28 bits per heavy atom. The maximum atomic E-state index is 12.8. The third-order valence-electron chi connectivity index (χ3n) is 6.58. The number of ether oxygens (including phenoxy) is 1. The molecule has 2 aliphatic rings. The Morgan fingerprint density at radius 2 is 1.59 bits per heavy atom. The molecule has 1 aromatic heterocycles. The minimum Gasteiger partial charge on any atom is -0.497 e. The van der Waals surface area contributed by atoms with Crippen molar-refractivity contribution >= 4 is 17.4 Å². The molecule has 3 aromatic rings. The summed E-state index contributed by atoms with van der Waals surface area (Å²) in [5.41, 5.74) is 5.21. The van der Waals surface area contributed by atoms with Crippen LogP contribution in [-0.2, 0) is 6.42 Å². The summed E-state index contributed by atoms with van der Waals surface area (Å²) in [6.45, 7) is 5.58. The summed E-state index contributed by atoms with van der Waals surface area (Å²) in [5.74, 6) is 1.93. The van der Waals surface area contributed by atoms with Crippen molar-refractivity contribution in [2.75, 3.05) is 43.1 Å². The molecule has 1 aliphatic heterocycles. The van der Waals surface area contributed by atoms with Crippen molar-refractivity contribution in [3.63, 3.8) is 0 Å². The lowest BCUT2D eigenvalue weighted by Gasteiger charge is -2.36. The minimum atomic E-state index is 0.146. The van der Waals surface area contributed by atoms with Crippen LogP contribution in [0.5, 0.6) is 5.75 Å². The fraction of sp³-hybridized carbons (Fsp3) is 0.346. The first kappa shape index (κ1) is 20.5. The fourth-order valence-electron chi connectivity index (χ4n) is 4.62. The van der Waals surface area contributed by atoms with E-state index in [-0.39, 0.29) is 11.7 Å². The highest BCUT2D eigenvalue weighted by molar-refractivity contribution is 5.98. The van der Waals surface area contributed by atoms with Crippen LogP contribution in [0.3, 0.4) is 0 Å². The van der Waals surface area contributed by atoms with Gasteiger partial charge in [0.15, 0.2) is 5.78 Å². The number of benzene rings is 2. The molecule has 0 unspecified atom stereocenters. The highest BCUT2D eigenvalue weighted by Gasteiger charge is 2.29. The van der Waals surface area contributed by atoms with Crippen LogP contribution < -0.4 is 14.5 Å². The summed E-state index contributed by atoms with van der Waals surface area (Å²) in [7, 11) is 1.68. The molecule has 5 rings (SSSR count). The number of hydrogen-bond donors (Lipinski definition) is 0. The molecule has 32 heavy (non-hydrogen) atoms. The van der Waals surface area contributed by atoms with Crippen LogP contribution in [-0.4, -0.2) is 49.0 Å². The van der Waals surface area contributed by atoms with Crippen molar-refractivity contribution in [2.45, 2.75) is 25.7 Å².